The Bertz CT molecular complexity index is 1080. The number of nitrogens with zero attached hydrogens (tertiary/aromatic N) is 2. The molecule has 0 bridgehead atoms. The van der Waals surface area contributed by atoms with Crippen LogP contribution < -0.4 is 16.2 Å². The predicted octanol–water partition coefficient (Wildman–Crippen LogP) is 2.79. The first-order valence-corrected chi connectivity index (χ1v) is 9.67. The van der Waals surface area contributed by atoms with Gasteiger partial charge in [0.1, 0.15) is 0 Å². The molecule has 144 valence electrons. The maximum Gasteiger partial charge on any atom is 0.260 e. The average molecular weight is 375 g/mol. The first-order valence-electron chi connectivity index (χ1n) is 9.67. The molecule has 2 aromatic rings. The Morgan fingerprint density at radius 2 is 2.11 bits per heavy atom. The van der Waals surface area contributed by atoms with Crippen molar-refractivity contribution in [2.45, 2.75) is 25.8 Å². The van der Waals surface area contributed by atoms with Crippen LogP contribution in [0.3, 0.4) is 0 Å². The topological polar surface area (TPSA) is 82.8 Å². The molecule has 2 aliphatic rings. The van der Waals surface area contributed by atoms with Crippen molar-refractivity contribution in [3.05, 3.63) is 70.1 Å². The lowest BCUT2D eigenvalue weighted by Gasteiger charge is -2.25. The van der Waals surface area contributed by atoms with Crippen LogP contribution in [0.4, 0.5) is 0 Å². The summed E-state index contributed by atoms with van der Waals surface area (Å²) in [7, 11) is 1.82. The van der Waals surface area contributed by atoms with Crippen LogP contribution in [0.5, 0.6) is 0 Å². The SMILES string of the molecule is CN/C=C1/C=C(c2cc3ccn(C4CCNCC4)c(=O)c3cn2)C=C(C)C1=N. The largest absolute Gasteiger partial charge is 0.393 e. The van der Waals surface area contributed by atoms with E-state index in [-0.39, 0.29) is 11.6 Å². The molecule has 0 aromatic carbocycles. The molecule has 0 spiro atoms. The summed E-state index contributed by atoms with van der Waals surface area (Å²) in [5, 5.41) is 16.1. The summed E-state index contributed by atoms with van der Waals surface area (Å²) in [5.41, 5.74) is 4.00. The zero-order valence-corrected chi connectivity index (χ0v) is 16.2. The van der Waals surface area contributed by atoms with Crippen LogP contribution >= 0.6 is 0 Å². The van der Waals surface area contributed by atoms with Gasteiger partial charge in [0.15, 0.2) is 0 Å². The highest BCUT2D eigenvalue weighted by atomic mass is 16.1. The van der Waals surface area contributed by atoms with Gasteiger partial charge in [0.25, 0.3) is 5.56 Å². The normalized spacial score (nSPS) is 19.6. The van der Waals surface area contributed by atoms with E-state index in [0.29, 0.717) is 11.1 Å². The number of hydrogen-bond acceptors (Lipinski definition) is 5. The highest BCUT2D eigenvalue weighted by Crippen LogP contribution is 2.27. The first-order chi connectivity index (χ1) is 13.6. The molecule has 0 amide bonds. The van der Waals surface area contributed by atoms with Gasteiger partial charge < -0.3 is 15.2 Å². The molecule has 0 unspecified atom stereocenters. The predicted molar refractivity (Wildman–Crippen MR) is 114 cm³/mol. The van der Waals surface area contributed by atoms with Crippen molar-refractivity contribution in [1.82, 2.24) is 20.2 Å². The van der Waals surface area contributed by atoms with E-state index in [1.54, 1.807) is 6.20 Å². The van der Waals surface area contributed by atoms with E-state index in [9.17, 15) is 4.79 Å². The Kier molecular flexibility index (Phi) is 4.96. The zero-order valence-electron chi connectivity index (χ0n) is 16.2. The van der Waals surface area contributed by atoms with E-state index in [0.717, 1.165) is 53.7 Å². The molecule has 2 aromatic heterocycles. The number of allylic oxidation sites excluding steroid dienone is 5. The van der Waals surface area contributed by atoms with E-state index in [1.807, 2.05) is 55.2 Å². The first kappa shape index (κ1) is 18.4. The van der Waals surface area contributed by atoms with Crippen molar-refractivity contribution in [3.8, 4) is 0 Å². The van der Waals surface area contributed by atoms with Gasteiger partial charge in [0.2, 0.25) is 0 Å². The fourth-order valence-corrected chi connectivity index (χ4v) is 3.92. The Balaban J connectivity index is 1.75. The second-order valence-electron chi connectivity index (χ2n) is 7.36. The number of fused-ring (bicyclic) bond motifs is 1. The summed E-state index contributed by atoms with van der Waals surface area (Å²) in [4.78, 5) is 17.6. The summed E-state index contributed by atoms with van der Waals surface area (Å²) in [5.74, 6) is 0. The zero-order chi connectivity index (χ0) is 19.7. The van der Waals surface area contributed by atoms with E-state index in [4.69, 9.17) is 5.41 Å². The third-order valence-electron chi connectivity index (χ3n) is 5.48. The van der Waals surface area contributed by atoms with Gasteiger partial charge in [-0.15, -0.1) is 0 Å². The molecule has 3 heterocycles. The number of piperidine rings is 1. The molecule has 1 fully saturated rings. The average Bonchev–Trinajstić information content (AvgIpc) is 2.72. The minimum absolute atomic E-state index is 0.0327. The number of nitrogens with one attached hydrogen (secondary N) is 3. The molecular weight excluding hydrogens is 350 g/mol. The Labute approximate surface area is 164 Å². The van der Waals surface area contributed by atoms with E-state index >= 15 is 0 Å². The fraction of sp³-hybridized carbons (Fsp3) is 0.318. The minimum atomic E-state index is 0.0327. The van der Waals surface area contributed by atoms with Crippen LogP contribution in [0.1, 0.15) is 31.5 Å². The van der Waals surface area contributed by atoms with Crippen LogP contribution in [0.25, 0.3) is 16.3 Å². The number of pyridine rings is 2. The van der Waals surface area contributed by atoms with Crippen molar-refractivity contribution in [2.75, 3.05) is 20.1 Å². The van der Waals surface area contributed by atoms with E-state index in [2.05, 4.69) is 15.6 Å². The molecule has 6 heteroatoms. The van der Waals surface area contributed by atoms with Gasteiger partial charge in [-0.1, -0.05) is 0 Å². The minimum Gasteiger partial charge on any atom is -0.393 e. The summed E-state index contributed by atoms with van der Waals surface area (Å²) in [6, 6.07) is 4.23. The number of aromatic nitrogens is 2. The third kappa shape index (κ3) is 3.31. The van der Waals surface area contributed by atoms with Crippen molar-refractivity contribution < 1.29 is 0 Å². The van der Waals surface area contributed by atoms with Gasteiger partial charge in [-0.25, -0.2) is 0 Å². The van der Waals surface area contributed by atoms with Gasteiger partial charge in [0.05, 0.1) is 16.8 Å². The van der Waals surface area contributed by atoms with Gasteiger partial charge >= 0.3 is 0 Å². The number of hydrogen-bond donors (Lipinski definition) is 3. The summed E-state index contributed by atoms with van der Waals surface area (Å²) >= 11 is 0. The molecule has 6 nitrogen and oxygen atoms in total. The van der Waals surface area contributed by atoms with Gasteiger partial charge in [-0.05, 0) is 68.1 Å². The lowest BCUT2D eigenvalue weighted by atomic mass is 9.92. The maximum absolute atomic E-state index is 13.0. The Hall–Kier alpha value is -2.99. The third-order valence-corrected chi connectivity index (χ3v) is 5.48. The molecular formula is C22H25N5O. The van der Waals surface area contributed by atoms with Crippen molar-refractivity contribution in [3.63, 3.8) is 0 Å². The maximum atomic E-state index is 13.0. The quantitative estimate of drug-likeness (QED) is 0.770. The fourth-order valence-electron chi connectivity index (χ4n) is 3.92. The van der Waals surface area contributed by atoms with Gasteiger partial charge in [-0.3, -0.25) is 15.2 Å². The summed E-state index contributed by atoms with van der Waals surface area (Å²) in [6.45, 7) is 3.82. The van der Waals surface area contributed by atoms with Crippen molar-refractivity contribution >= 4 is 22.1 Å². The molecule has 1 saturated heterocycles. The van der Waals surface area contributed by atoms with Crippen LogP contribution in [0, 0.1) is 5.41 Å². The summed E-state index contributed by atoms with van der Waals surface area (Å²) < 4.78 is 1.86. The lowest BCUT2D eigenvalue weighted by molar-refractivity contribution is 0.362. The molecule has 0 saturated carbocycles. The van der Waals surface area contributed by atoms with Crippen molar-refractivity contribution in [1.29, 1.82) is 5.41 Å². The molecule has 0 atom stereocenters. The second kappa shape index (κ2) is 7.56. The molecule has 1 aliphatic carbocycles. The van der Waals surface area contributed by atoms with Crippen LogP contribution in [-0.2, 0) is 0 Å². The molecule has 0 radical (unpaired) electrons. The standard InChI is InChI=1S/C22H25N5O/c1-14-9-16(10-17(12-24-2)21(14)23)20-11-15-5-8-27(18-3-6-25-7-4-18)22(28)19(15)13-26-20/h5,8-13,18,23-25H,3-4,6-7H2,1-2H3/b17-12-,23-21?. The lowest BCUT2D eigenvalue weighted by Crippen LogP contribution is -2.34. The van der Waals surface area contributed by atoms with Gasteiger partial charge in [0, 0.05) is 42.8 Å². The van der Waals surface area contributed by atoms with Crippen LogP contribution in [0.2, 0.25) is 0 Å². The molecule has 4 rings (SSSR count). The molecule has 1 aliphatic heterocycles. The smallest absolute Gasteiger partial charge is 0.260 e. The highest BCUT2D eigenvalue weighted by Gasteiger charge is 2.18. The van der Waals surface area contributed by atoms with E-state index in [1.165, 1.54) is 0 Å². The van der Waals surface area contributed by atoms with Crippen molar-refractivity contribution in [2.24, 2.45) is 0 Å². The summed E-state index contributed by atoms with van der Waals surface area (Å²) in [6.07, 6.45) is 11.3. The van der Waals surface area contributed by atoms with Crippen LogP contribution in [0.15, 0.2) is 58.8 Å². The van der Waals surface area contributed by atoms with Gasteiger partial charge in [-0.2, -0.15) is 0 Å². The highest BCUT2D eigenvalue weighted by molar-refractivity contribution is 6.16. The van der Waals surface area contributed by atoms with Crippen LogP contribution in [-0.4, -0.2) is 35.4 Å². The second-order valence-corrected chi connectivity index (χ2v) is 7.36. The Morgan fingerprint density at radius 1 is 1.32 bits per heavy atom. The molecule has 28 heavy (non-hydrogen) atoms. The molecule has 3 N–H and O–H groups in total. The number of rotatable bonds is 3. The monoisotopic (exact) mass is 375 g/mol. The Morgan fingerprint density at radius 3 is 2.86 bits per heavy atom. The van der Waals surface area contributed by atoms with E-state index < -0.39 is 0 Å².